The third kappa shape index (κ3) is 2.88. The van der Waals surface area contributed by atoms with Gasteiger partial charge >= 0.3 is 0 Å². The standard InChI is InChI=1S/C17H19F2N/c1-4-20-12(3)13-6-8-14(9-7-13)16-15(18)10-5-11(2)17(16)19/h5-10,12,20H,4H2,1-3H3. The van der Waals surface area contributed by atoms with Gasteiger partial charge in [0.1, 0.15) is 11.6 Å². The summed E-state index contributed by atoms with van der Waals surface area (Å²) in [6.45, 7) is 6.62. The second-order valence-electron chi connectivity index (χ2n) is 4.95. The first-order valence-corrected chi connectivity index (χ1v) is 6.83. The van der Waals surface area contributed by atoms with Gasteiger partial charge in [-0.1, -0.05) is 37.3 Å². The maximum Gasteiger partial charge on any atom is 0.136 e. The lowest BCUT2D eigenvalue weighted by Gasteiger charge is -2.14. The van der Waals surface area contributed by atoms with Gasteiger partial charge in [0, 0.05) is 6.04 Å². The van der Waals surface area contributed by atoms with E-state index in [4.69, 9.17) is 0 Å². The Balaban J connectivity index is 2.38. The lowest BCUT2D eigenvalue weighted by molar-refractivity contribution is 0.583. The third-order valence-corrected chi connectivity index (χ3v) is 3.49. The van der Waals surface area contributed by atoms with Crippen LogP contribution in [0.25, 0.3) is 11.1 Å². The minimum atomic E-state index is -0.527. The van der Waals surface area contributed by atoms with Crippen molar-refractivity contribution >= 4 is 0 Å². The van der Waals surface area contributed by atoms with Gasteiger partial charge in [-0.2, -0.15) is 0 Å². The molecule has 0 amide bonds. The predicted molar refractivity (Wildman–Crippen MR) is 78.6 cm³/mol. The highest BCUT2D eigenvalue weighted by Gasteiger charge is 2.14. The molecule has 0 aliphatic rings. The maximum absolute atomic E-state index is 14.1. The van der Waals surface area contributed by atoms with E-state index in [1.807, 2.05) is 19.1 Å². The van der Waals surface area contributed by atoms with E-state index in [1.54, 1.807) is 19.1 Å². The Labute approximate surface area is 118 Å². The molecule has 0 radical (unpaired) electrons. The van der Waals surface area contributed by atoms with Crippen LogP contribution in [0.15, 0.2) is 36.4 Å². The SMILES string of the molecule is CCNC(C)c1ccc(-c2c(F)ccc(C)c2F)cc1. The van der Waals surface area contributed by atoms with E-state index in [-0.39, 0.29) is 11.6 Å². The predicted octanol–water partition coefficient (Wildman–Crippen LogP) is 4.61. The van der Waals surface area contributed by atoms with Crippen molar-refractivity contribution in [3.63, 3.8) is 0 Å². The molecular formula is C17H19F2N. The summed E-state index contributed by atoms with van der Waals surface area (Å²) in [6, 6.07) is 10.3. The highest BCUT2D eigenvalue weighted by Crippen LogP contribution is 2.28. The summed E-state index contributed by atoms with van der Waals surface area (Å²) in [5.74, 6) is -1.02. The van der Waals surface area contributed by atoms with Gasteiger partial charge in [-0.25, -0.2) is 8.78 Å². The Hall–Kier alpha value is -1.74. The van der Waals surface area contributed by atoms with Crippen molar-refractivity contribution in [3.05, 3.63) is 59.2 Å². The quantitative estimate of drug-likeness (QED) is 0.859. The third-order valence-electron chi connectivity index (χ3n) is 3.49. The molecule has 1 N–H and O–H groups in total. The molecule has 0 fully saturated rings. The molecule has 0 saturated carbocycles. The van der Waals surface area contributed by atoms with Crippen LogP contribution in [-0.4, -0.2) is 6.54 Å². The second-order valence-corrected chi connectivity index (χ2v) is 4.95. The molecule has 2 aromatic rings. The first kappa shape index (κ1) is 14.7. The monoisotopic (exact) mass is 275 g/mol. The summed E-state index contributed by atoms with van der Waals surface area (Å²) in [5.41, 5.74) is 2.17. The number of benzene rings is 2. The normalized spacial score (nSPS) is 12.4. The molecular weight excluding hydrogens is 256 g/mol. The van der Waals surface area contributed by atoms with Crippen LogP contribution < -0.4 is 5.32 Å². The van der Waals surface area contributed by atoms with Crippen molar-refractivity contribution in [2.24, 2.45) is 0 Å². The maximum atomic E-state index is 14.1. The minimum absolute atomic E-state index is 0.0488. The first-order chi connectivity index (χ1) is 9.54. The summed E-state index contributed by atoms with van der Waals surface area (Å²) in [5, 5.41) is 3.30. The Bertz CT molecular complexity index is 591. The van der Waals surface area contributed by atoms with Crippen molar-refractivity contribution in [2.45, 2.75) is 26.8 Å². The Morgan fingerprint density at radius 1 is 1.05 bits per heavy atom. The molecule has 2 aromatic carbocycles. The number of hydrogen-bond donors (Lipinski definition) is 1. The van der Waals surface area contributed by atoms with Gasteiger partial charge in [0.05, 0.1) is 5.56 Å². The van der Waals surface area contributed by atoms with E-state index in [0.717, 1.165) is 12.1 Å². The lowest BCUT2D eigenvalue weighted by Crippen LogP contribution is -2.17. The molecule has 0 aliphatic carbocycles. The molecule has 0 heterocycles. The van der Waals surface area contributed by atoms with Crippen LogP contribution in [0.1, 0.15) is 31.0 Å². The molecule has 20 heavy (non-hydrogen) atoms. The average Bonchev–Trinajstić information content (AvgIpc) is 2.44. The van der Waals surface area contributed by atoms with E-state index in [0.29, 0.717) is 11.1 Å². The van der Waals surface area contributed by atoms with Gasteiger partial charge in [0.2, 0.25) is 0 Å². The fraction of sp³-hybridized carbons (Fsp3) is 0.294. The van der Waals surface area contributed by atoms with Crippen LogP contribution in [0.2, 0.25) is 0 Å². The van der Waals surface area contributed by atoms with Gasteiger partial charge in [0.25, 0.3) is 0 Å². The fourth-order valence-electron chi connectivity index (χ4n) is 2.28. The van der Waals surface area contributed by atoms with Crippen LogP contribution in [0.5, 0.6) is 0 Å². The summed E-state index contributed by atoms with van der Waals surface area (Å²) < 4.78 is 27.9. The van der Waals surface area contributed by atoms with Crippen LogP contribution in [-0.2, 0) is 0 Å². The van der Waals surface area contributed by atoms with Crippen molar-refractivity contribution < 1.29 is 8.78 Å². The molecule has 1 nitrogen and oxygen atoms in total. The number of rotatable bonds is 4. The fourth-order valence-corrected chi connectivity index (χ4v) is 2.28. The van der Waals surface area contributed by atoms with Crippen LogP contribution in [0.3, 0.4) is 0 Å². The number of nitrogens with one attached hydrogen (secondary N) is 1. The zero-order valence-corrected chi connectivity index (χ0v) is 12.0. The zero-order valence-electron chi connectivity index (χ0n) is 12.0. The zero-order chi connectivity index (χ0) is 14.7. The summed E-state index contributed by atoms with van der Waals surface area (Å²) in [6.07, 6.45) is 0. The largest absolute Gasteiger partial charge is 0.310 e. The molecule has 0 bridgehead atoms. The lowest BCUT2D eigenvalue weighted by atomic mass is 9.99. The molecule has 1 atom stereocenters. The molecule has 0 saturated heterocycles. The molecule has 3 heteroatoms. The highest BCUT2D eigenvalue weighted by molar-refractivity contribution is 5.66. The van der Waals surface area contributed by atoms with E-state index < -0.39 is 11.6 Å². The number of hydrogen-bond acceptors (Lipinski definition) is 1. The van der Waals surface area contributed by atoms with Crippen LogP contribution in [0, 0.1) is 18.6 Å². The molecule has 0 aliphatic heterocycles. The Kier molecular flexibility index (Phi) is 4.50. The minimum Gasteiger partial charge on any atom is -0.310 e. The number of aryl methyl sites for hydroxylation is 1. The van der Waals surface area contributed by atoms with Crippen molar-refractivity contribution in [1.82, 2.24) is 5.32 Å². The highest BCUT2D eigenvalue weighted by atomic mass is 19.1. The van der Waals surface area contributed by atoms with Crippen LogP contribution >= 0.6 is 0 Å². The Morgan fingerprint density at radius 3 is 2.30 bits per heavy atom. The summed E-state index contributed by atoms with van der Waals surface area (Å²) >= 11 is 0. The van der Waals surface area contributed by atoms with Crippen molar-refractivity contribution in [1.29, 1.82) is 0 Å². The van der Waals surface area contributed by atoms with E-state index in [1.165, 1.54) is 12.1 Å². The second kappa shape index (κ2) is 6.14. The molecule has 106 valence electrons. The van der Waals surface area contributed by atoms with Gasteiger partial charge in [-0.05, 0) is 43.1 Å². The topological polar surface area (TPSA) is 12.0 Å². The number of halogens is 2. The van der Waals surface area contributed by atoms with E-state index in [2.05, 4.69) is 12.2 Å². The van der Waals surface area contributed by atoms with Gasteiger partial charge in [-0.15, -0.1) is 0 Å². The average molecular weight is 275 g/mol. The van der Waals surface area contributed by atoms with Crippen molar-refractivity contribution in [2.75, 3.05) is 6.54 Å². The Morgan fingerprint density at radius 2 is 1.70 bits per heavy atom. The summed E-state index contributed by atoms with van der Waals surface area (Å²) in [7, 11) is 0. The summed E-state index contributed by atoms with van der Waals surface area (Å²) in [4.78, 5) is 0. The first-order valence-electron chi connectivity index (χ1n) is 6.83. The van der Waals surface area contributed by atoms with Gasteiger partial charge in [-0.3, -0.25) is 0 Å². The molecule has 0 aromatic heterocycles. The van der Waals surface area contributed by atoms with Gasteiger partial charge < -0.3 is 5.32 Å². The molecule has 2 rings (SSSR count). The molecule has 1 unspecified atom stereocenters. The van der Waals surface area contributed by atoms with E-state index in [9.17, 15) is 8.78 Å². The van der Waals surface area contributed by atoms with E-state index >= 15 is 0 Å². The van der Waals surface area contributed by atoms with Crippen LogP contribution in [0.4, 0.5) is 8.78 Å². The van der Waals surface area contributed by atoms with Crippen molar-refractivity contribution in [3.8, 4) is 11.1 Å². The molecule has 0 spiro atoms. The van der Waals surface area contributed by atoms with Gasteiger partial charge in [0.15, 0.2) is 0 Å². The smallest absolute Gasteiger partial charge is 0.136 e.